The molecule has 1 atom stereocenters. The third-order valence-electron chi connectivity index (χ3n) is 2.78. The maximum absolute atomic E-state index is 5.84. The lowest BCUT2D eigenvalue weighted by Gasteiger charge is -2.32. The molecule has 0 aromatic rings. The maximum Gasteiger partial charge on any atom is 0.0931 e. The van der Waals surface area contributed by atoms with E-state index in [1.807, 2.05) is 0 Å². The van der Waals surface area contributed by atoms with Crippen LogP contribution in [0.4, 0.5) is 0 Å². The molecule has 0 amide bonds. The van der Waals surface area contributed by atoms with Gasteiger partial charge >= 0.3 is 0 Å². The molecule has 1 unspecified atom stereocenters. The average molecular weight is 202 g/mol. The molecule has 1 aliphatic heterocycles. The van der Waals surface area contributed by atoms with Crippen LogP contribution < -0.4 is 5.73 Å². The molecule has 0 aliphatic carbocycles. The number of rotatable bonds is 5. The van der Waals surface area contributed by atoms with Crippen molar-refractivity contribution in [1.29, 1.82) is 0 Å². The minimum Gasteiger partial charge on any atom is -0.382 e. The van der Waals surface area contributed by atoms with Crippen molar-refractivity contribution in [3.05, 3.63) is 0 Å². The molecule has 1 fully saturated rings. The number of hydrogen-bond donors (Lipinski definition) is 1. The van der Waals surface area contributed by atoms with Crippen molar-refractivity contribution in [3.8, 4) is 0 Å². The Bertz CT molecular complexity index is 147. The van der Waals surface area contributed by atoms with E-state index in [1.54, 1.807) is 14.2 Å². The van der Waals surface area contributed by atoms with E-state index in [2.05, 4.69) is 4.90 Å². The molecule has 1 saturated heterocycles. The van der Waals surface area contributed by atoms with Gasteiger partial charge in [0.1, 0.15) is 0 Å². The van der Waals surface area contributed by atoms with Crippen molar-refractivity contribution in [2.75, 3.05) is 40.5 Å². The summed E-state index contributed by atoms with van der Waals surface area (Å²) in [5.41, 5.74) is 5.84. The largest absolute Gasteiger partial charge is 0.382 e. The van der Waals surface area contributed by atoms with Gasteiger partial charge in [0.05, 0.1) is 12.7 Å². The minimum absolute atomic E-state index is 0.189. The van der Waals surface area contributed by atoms with E-state index < -0.39 is 0 Å². The van der Waals surface area contributed by atoms with E-state index in [4.69, 9.17) is 15.2 Å². The molecule has 0 saturated carbocycles. The lowest BCUT2D eigenvalue weighted by Crippen LogP contribution is -2.44. The zero-order chi connectivity index (χ0) is 10.4. The van der Waals surface area contributed by atoms with Crippen LogP contribution >= 0.6 is 0 Å². The number of ether oxygens (including phenoxy) is 2. The summed E-state index contributed by atoms with van der Waals surface area (Å²) in [6, 6.07) is 0.398. The Kier molecular flexibility index (Phi) is 5.40. The third kappa shape index (κ3) is 3.92. The summed E-state index contributed by atoms with van der Waals surface area (Å²) in [6.45, 7) is 3.80. The van der Waals surface area contributed by atoms with E-state index in [0.29, 0.717) is 12.6 Å². The van der Waals surface area contributed by atoms with E-state index in [-0.39, 0.29) is 6.10 Å². The highest BCUT2D eigenvalue weighted by atomic mass is 16.5. The van der Waals surface area contributed by atoms with Crippen molar-refractivity contribution in [2.24, 2.45) is 5.73 Å². The minimum atomic E-state index is 0.189. The first-order valence-corrected chi connectivity index (χ1v) is 5.26. The topological polar surface area (TPSA) is 47.7 Å². The van der Waals surface area contributed by atoms with Crippen molar-refractivity contribution in [1.82, 2.24) is 4.90 Å². The van der Waals surface area contributed by atoms with E-state index in [9.17, 15) is 0 Å². The Morgan fingerprint density at radius 1 is 1.36 bits per heavy atom. The lowest BCUT2D eigenvalue weighted by atomic mass is 10.1. The van der Waals surface area contributed by atoms with E-state index in [1.165, 1.54) is 0 Å². The van der Waals surface area contributed by atoms with Crippen LogP contribution in [0.1, 0.15) is 12.8 Å². The molecular formula is C10H22N2O2. The normalized spacial score (nSPS) is 22.5. The second-order valence-corrected chi connectivity index (χ2v) is 3.95. The molecule has 0 radical (unpaired) electrons. The van der Waals surface area contributed by atoms with Crippen LogP contribution in [0.15, 0.2) is 0 Å². The van der Waals surface area contributed by atoms with E-state index >= 15 is 0 Å². The smallest absolute Gasteiger partial charge is 0.0931 e. The molecule has 1 aliphatic rings. The molecule has 14 heavy (non-hydrogen) atoms. The van der Waals surface area contributed by atoms with Crippen molar-refractivity contribution < 1.29 is 9.47 Å². The van der Waals surface area contributed by atoms with Crippen molar-refractivity contribution >= 4 is 0 Å². The monoisotopic (exact) mass is 202 g/mol. The molecule has 1 rings (SSSR count). The van der Waals surface area contributed by atoms with Gasteiger partial charge in [-0.3, -0.25) is 0 Å². The van der Waals surface area contributed by atoms with Crippen molar-refractivity contribution in [3.63, 3.8) is 0 Å². The highest BCUT2D eigenvalue weighted by molar-refractivity contribution is 4.76. The first kappa shape index (κ1) is 11.9. The predicted octanol–water partition coefficient (Wildman–Crippen LogP) is 0.0709. The highest BCUT2D eigenvalue weighted by Crippen LogP contribution is 2.09. The Morgan fingerprint density at radius 2 is 2.00 bits per heavy atom. The lowest BCUT2D eigenvalue weighted by molar-refractivity contribution is 0.00203. The standard InChI is InChI=1S/C10H22N2O2/c1-13-8-10(14-2)7-12-5-3-9(11)4-6-12/h9-10H,3-8,11H2,1-2H3. The van der Waals surface area contributed by atoms with Crippen LogP contribution in [0.5, 0.6) is 0 Å². The number of likely N-dealkylation sites (tertiary alicyclic amines) is 1. The van der Waals surface area contributed by atoms with Gasteiger partial charge in [-0.15, -0.1) is 0 Å². The summed E-state index contributed by atoms with van der Waals surface area (Å²) in [4.78, 5) is 2.40. The number of piperidine rings is 1. The fraction of sp³-hybridized carbons (Fsp3) is 1.00. The zero-order valence-corrected chi connectivity index (χ0v) is 9.24. The SMILES string of the molecule is COCC(CN1CCC(N)CC1)OC. The van der Waals surface area contributed by atoms with Crippen LogP contribution in [-0.2, 0) is 9.47 Å². The summed E-state index contributed by atoms with van der Waals surface area (Å²) in [6.07, 6.45) is 2.39. The van der Waals surface area contributed by atoms with Gasteiger partial charge in [-0.2, -0.15) is 0 Å². The predicted molar refractivity (Wildman–Crippen MR) is 56.3 cm³/mol. The third-order valence-corrected chi connectivity index (χ3v) is 2.78. The van der Waals surface area contributed by atoms with Crippen LogP contribution in [-0.4, -0.2) is 57.5 Å². The summed E-state index contributed by atoms with van der Waals surface area (Å²) < 4.78 is 10.4. The molecule has 2 N–H and O–H groups in total. The molecule has 4 nitrogen and oxygen atoms in total. The van der Waals surface area contributed by atoms with Gasteiger partial charge in [0, 0.05) is 26.8 Å². The molecule has 84 valence electrons. The summed E-state index contributed by atoms with van der Waals surface area (Å²) in [5, 5.41) is 0. The van der Waals surface area contributed by atoms with Gasteiger partial charge in [-0.25, -0.2) is 0 Å². The second-order valence-electron chi connectivity index (χ2n) is 3.95. The van der Waals surface area contributed by atoms with Crippen LogP contribution in [0.25, 0.3) is 0 Å². The molecule has 0 spiro atoms. The first-order valence-electron chi connectivity index (χ1n) is 5.26. The Balaban J connectivity index is 2.21. The Labute approximate surface area is 86.3 Å². The number of hydrogen-bond acceptors (Lipinski definition) is 4. The van der Waals surface area contributed by atoms with Gasteiger partial charge in [-0.1, -0.05) is 0 Å². The van der Waals surface area contributed by atoms with Crippen LogP contribution in [0, 0.1) is 0 Å². The number of methoxy groups -OCH3 is 2. The van der Waals surface area contributed by atoms with Crippen molar-refractivity contribution in [2.45, 2.75) is 25.0 Å². The zero-order valence-electron chi connectivity index (χ0n) is 9.24. The molecule has 0 aromatic carbocycles. The highest BCUT2D eigenvalue weighted by Gasteiger charge is 2.19. The van der Waals surface area contributed by atoms with Crippen LogP contribution in [0.3, 0.4) is 0 Å². The first-order chi connectivity index (χ1) is 6.76. The molecule has 1 heterocycles. The Morgan fingerprint density at radius 3 is 2.50 bits per heavy atom. The quantitative estimate of drug-likeness (QED) is 0.685. The van der Waals surface area contributed by atoms with Gasteiger partial charge in [-0.05, 0) is 25.9 Å². The van der Waals surface area contributed by atoms with Gasteiger partial charge in [0.25, 0.3) is 0 Å². The number of nitrogens with two attached hydrogens (primary N) is 1. The van der Waals surface area contributed by atoms with E-state index in [0.717, 1.165) is 32.5 Å². The molecule has 0 aromatic heterocycles. The van der Waals surface area contributed by atoms with Crippen LogP contribution in [0.2, 0.25) is 0 Å². The Hall–Kier alpha value is -0.160. The summed E-state index contributed by atoms with van der Waals surface area (Å²) in [5.74, 6) is 0. The van der Waals surface area contributed by atoms with Gasteiger partial charge in [0.15, 0.2) is 0 Å². The maximum atomic E-state index is 5.84. The molecular weight excluding hydrogens is 180 g/mol. The van der Waals surface area contributed by atoms with Gasteiger partial charge in [0.2, 0.25) is 0 Å². The van der Waals surface area contributed by atoms with Gasteiger partial charge < -0.3 is 20.1 Å². The molecule has 0 bridgehead atoms. The summed E-state index contributed by atoms with van der Waals surface area (Å²) in [7, 11) is 3.44. The fourth-order valence-corrected chi connectivity index (χ4v) is 1.80. The number of nitrogens with zero attached hydrogens (tertiary/aromatic N) is 1. The molecule has 4 heteroatoms. The second kappa shape index (κ2) is 6.35. The fourth-order valence-electron chi connectivity index (χ4n) is 1.80. The summed E-state index contributed by atoms with van der Waals surface area (Å²) >= 11 is 0. The average Bonchev–Trinajstić information content (AvgIpc) is 2.20.